The number of nitrogen functional groups attached to an aromatic ring is 1. The maximum absolute atomic E-state index is 12.0. The summed E-state index contributed by atoms with van der Waals surface area (Å²) in [5.74, 6) is -0.732. The van der Waals surface area contributed by atoms with Crippen molar-refractivity contribution < 1.29 is 14.8 Å². The maximum Gasteiger partial charge on any atom is 0.319 e. The summed E-state index contributed by atoms with van der Waals surface area (Å²) in [6.07, 6.45) is 1.48. The van der Waals surface area contributed by atoms with E-state index in [1.54, 1.807) is 18.2 Å². The maximum atomic E-state index is 12.0. The van der Waals surface area contributed by atoms with Crippen LogP contribution in [0, 0.1) is 10.1 Å². The third-order valence-electron chi connectivity index (χ3n) is 2.80. The van der Waals surface area contributed by atoms with Crippen LogP contribution in [-0.4, -0.2) is 32.7 Å². The van der Waals surface area contributed by atoms with Gasteiger partial charge in [-0.2, -0.15) is 5.10 Å². The molecule has 9 heteroatoms. The minimum Gasteiger partial charge on any atom is -0.397 e. The smallest absolute Gasteiger partial charge is 0.319 e. The number of benzene rings is 1. The summed E-state index contributed by atoms with van der Waals surface area (Å²) < 4.78 is 0. The molecule has 5 N–H and O–H groups in total. The summed E-state index contributed by atoms with van der Waals surface area (Å²) in [7, 11) is 0. The Hall–Kier alpha value is -2.94. The van der Waals surface area contributed by atoms with Crippen molar-refractivity contribution in [1.29, 1.82) is 0 Å². The topological polar surface area (TPSA) is 147 Å². The Morgan fingerprint density at radius 2 is 2.29 bits per heavy atom. The first kappa shape index (κ1) is 14.5. The lowest BCUT2D eigenvalue weighted by Gasteiger charge is -2.08. The van der Waals surface area contributed by atoms with E-state index >= 15 is 0 Å². The SMILES string of the molecule is Nc1cc(CCO)ccc1NC(=O)c1n[nH]cc1[N+](=O)[O-]. The monoisotopic (exact) mass is 291 g/mol. The summed E-state index contributed by atoms with van der Waals surface area (Å²) in [6.45, 7) is -0.00931. The van der Waals surface area contributed by atoms with Crippen LogP contribution in [0.2, 0.25) is 0 Å². The number of rotatable bonds is 5. The van der Waals surface area contributed by atoms with Crippen molar-refractivity contribution in [3.63, 3.8) is 0 Å². The molecule has 0 aliphatic carbocycles. The summed E-state index contributed by atoms with van der Waals surface area (Å²) in [5, 5.41) is 27.9. The predicted octanol–water partition coefficient (Wildman–Crippen LogP) is 0.687. The van der Waals surface area contributed by atoms with Gasteiger partial charge in [-0.3, -0.25) is 20.0 Å². The Balaban J connectivity index is 2.20. The van der Waals surface area contributed by atoms with E-state index in [1.165, 1.54) is 0 Å². The summed E-state index contributed by atoms with van der Waals surface area (Å²) in [6, 6.07) is 4.88. The van der Waals surface area contributed by atoms with Crippen molar-refractivity contribution in [3.05, 3.63) is 45.8 Å². The molecule has 1 aromatic carbocycles. The number of hydrogen-bond acceptors (Lipinski definition) is 6. The van der Waals surface area contributed by atoms with Gasteiger partial charge in [0.2, 0.25) is 5.69 Å². The number of carbonyl (C=O) groups excluding carboxylic acids is 1. The average molecular weight is 291 g/mol. The lowest BCUT2D eigenvalue weighted by Crippen LogP contribution is -2.15. The zero-order valence-electron chi connectivity index (χ0n) is 10.9. The van der Waals surface area contributed by atoms with Gasteiger partial charge in [0.05, 0.1) is 16.3 Å². The second kappa shape index (κ2) is 6.01. The van der Waals surface area contributed by atoms with Crippen molar-refractivity contribution in [3.8, 4) is 0 Å². The highest BCUT2D eigenvalue weighted by molar-refractivity contribution is 6.06. The van der Waals surface area contributed by atoms with Gasteiger partial charge in [-0.05, 0) is 24.1 Å². The van der Waals surface area contributed by atoms with E-state index in [1.807, 2.05) is 0 Å². The molecule has 2 aromatic rings. The van der Waals surface area contributed by atoms with Crippen LogP contribution in [0.4, 0.5) is 17.1 Å². The number of aromatic nitrogens is 2. The minimum absolute atomic E-state index is 0.00931. The quantitative estimate of drug-likeness (QED) is 0.362. The highest BCUT2D eigenvalue weighted by Gasteiger charge is 2.23. The zero-order valence-corrected chi connectivity index (χ0v) is 10.9. The molecule has 0 bridgehead atoms. The molecule has 1 amide bonds. The van der Waals surface area contributed by atoms with E-state index < -0.39 is 16.5 Å². The second-order valence-electron chi connectivity index (χ2n) is 4.23. The zero-order chi connectivity index (χ0) is 15.4. The van der Waals surface area contributed by atoms with Crippen LogP contribution in [0.3, 0.4) is 0 Å². The molecule has 0 aliphatic heterocycles. The van der Waals surface area contributed by atoms with Gasteiger partial charge >= 0.3 is 5.69 Å². The molecule has 0 aliphatic rings. The highest BCUT2D eigenvalue weighted by atomic mass is 16.6. The average Bonchev–Trinajstić information content (AvgIpc) is 2.91. The lowest BCUT2D eigenvalue weighted by molar-refractivity contribution is -0.385. The second-order valence-corrected chi connectivity index (χ2v) is 4.23. The first-order valence-corrected chi connectivity index (χ1v) is 6.01. The number of aliphatic hydroxyl groups excluding tert-OH is 1. The van der Waals surface area contributed by atoms with Crippen molar-refractivity contribution in [2.75, 3.05) is 17.7 Å². The van der Waals surface area contributed by atoms with Crippen LogP contribution in [0.1, 0.15) is 16.1 Å². The number of nitrogens with one attached hydrogen (secondary N) is 2. The van der Waals surface area contributed by atoms with E-state index in [2.05, 4.69) is 15.5 Å². The van der Waals surface area contributed by atoms with Crippen molar-refractivity contribution in [1.82, 2.24) is 10.2 Å². The Bertz CT molecular complexity index is 682. The molecule has 0 radical (unpaired) electrons. The number of nitro groups is 1. The standard InChI is InChI=1S/C12H13N5O4/c13-8-5-7(3-4-18)1-2-9(8)15-12(19)11-10(17(20)21)6-14-16-11/h1-2,5-6,18H,3-4,13H2,(H,14,16)(H,15,19). The van der Waals surface area contributed by atoms with Gasteiger partial charge in [0, 0.05) is 6.61 Å². The molecule has 0 saturated carbocycles. The van der Waals surface area contributed by atoms with Crippen LogP contribution in [-0.2, 0) is 6.42 Å². The number of nitrogens with zero attached hydrogens (tertiary/aromatic N) is 2. The van der Waals surface area contributed by atoms with E-state index in [0.29, 0.717) is 17.8 Å². The third-order valence-corrected chi connectivity index (χ3v) is 2.80. The van der Waals surface area contributed by atoms with Crippen molar-refractivity contribution in [2.45, 2.75) is 6.42 Å². The number of amides is 1. The summed E-state index contributed by atoms with van der Waals surface area (Å²) >= 11 is 0. The van der Waals surface area contributed by atoms with E-state index in [4.69, 9.17) is 10.8 Å². The fourth-order valence-electron chi connectivity index (χ4n) is 1.78. The molecule has 110 valence electrons. The first-order chi connectivity index (χ1) is 10.0. The minimum atomic E-state index is -0.732. The van der Waals surface area contributed by atoms with Gasteiger partial charge in [-0.1, -0.05) is 6.07 Å². The molecular formula is C12H13N5O4. The largest absolute Gasteiger partial charge is 0.397 e. The molecule has 0 saturated heterocycles. The Morgan fingerprint density at radius 1 is 1.52 bits per heavy atom. The molecule has 21 heavy (non-hydrogen) atoms. The number of anilines is 2. The normalized spacial score (nSPS) is 10.3. The predicted molar refractivity (Wildman–Crippen MR) is 74.8 cm³/mol. The van der Waals surface area contributed by atoms with Crippen LogP contribution < -0.4 is 11.1 Å². The fourth-order valence-corrected chi connectivity index (χ4v) is 1.78. The summed E-state index contributed by atoms with van der Waals surface area (Å²) in [5.41, 5.74) is 6.49. The van der Waals surface area contributed by atoms with Crippen LogP contribution in [0.15, 0.2) is 24.4 Å². The van der Waals surface area contributed by atoms with Crippen molar-refractivity contribution in [2.24, 2.45) is 0 Å². The molecule has 1 heterocycles. The van der Waals surface area contributed by atoms with Gasteiger partial charge in [-0.15, -0.1) is 0 Å². The fraction of sp³-hybridized carbons (Fsp3) is 0.167. The van der Waals surface area contributed by atoms with Gasteiger partial charge < -0.3 is 16.2 Å². The van der Waals surface area contributed by atoms with Crippen molar-refractivity contribution >= 4 is 23.0 Å². The van der Waals surface area contributed by atoms with Gasteiger partial charge in [0.25, 0.3) is 5.91 Å². The molecule has 0 unspecified atom stereocenters. The van der Waals surface area contributed by atoms with E-state index in [-0.39, 0.29) is 12.3 Å². The molecule has 0 spiro atoms. The van der Waals surface area contributed by atoms with Gasteiger partial charge in [-0.25, -0.2) is 0 Å². The Morgan fingerprint density at radius 3 is 2.90 bits per heavy atom. The number of hydrogen-bond donors (Lipinski definition) is 4. The molecule has 0 atom stereocenters. The Kier molecular flexibility index (Phi) is 4.14. The van der Waals surface area contributed by atoms with E-state index in [0.717, 1.165) is 11.8 Å². The first-order valence-electron chi connectivity index (χ1n) is 6.01. The highest BCUT2D eigenvalue weighted by Crippen LogP contribution is 2.22. The van der Waals surface area contributed by atoms with E-state index in [9.17, 15) is 14.9 Å². The summed E-state index contributed by atoms with van der Waals surface area (Å²) in [4.78, 5) is 22.0. The van der Waals surface area contributed by atoms with Crippen LogP contribution in [0.5, 0.6) is 0 Å². The van der Waals surface area contributed by atoms with Gasteiger partial charge in [0.1, 0.15) is 6.20 Å². The van der Waals surface area contributed by atoms with Crippen LogP contribution in [0.25, 0.3) is 0 Å². The molecular weight excluding hydrogens is 278 g/mol. The number of nitrogens with two attached hydrogens (primary N) is 1. The number of aromatic amines is 1. The molecule has 1 aromatic heterocycles. The number of H-pyrrole nitrogens is 1. The molecule has 2 rings (SSSR count). The molecule has 9 nitrogen and oxygen atoms in total. The lowest BCUT2D eigenvalue weighted by atomic mass is 10.1. The number of aliphatic hydroxyl groups is 1. The van der Waals surface area contributed by atoms with Crippen LogP contribution >= 0.6 is 0 Å². The number of carbonyl (C=O) groups is 1. The Labute approximate surface area is 118 Å². The third kappa shape index (κ3) is 3.15. The van der Waals surface area contributed by atoms with Gasteiger partial charge in [0.15, 0.2) is 0 Å². The molecule has 0 fully saturated rings.